The highest BCUT2D eigenvalue weighted by atomic mass is 16.5. The molecule has 5 N–H and O–H groups in total. The molecule has 0 saturated heterocycles. The lowest BCUT2D eigenvalue weighted by Crippen LogP contribution is -2.58. The van der Waals surface area contributed by atoms with E-state index in [1.54, 1.807) is 24.3 Å². The maximum atomic E-state index is 14.1. The van der Waals surface area contributed by atoms with Crippen molar-refractivity contribution in [1.29, 1.82) is 0 Å². The summed E-state index contributed by atoms with van der Waals surface area (Å²) in [6.45, 7) is 3.89. The molecular formula is C40H51N5O9. The fraction of sp³-hybridized carbons (Fsp3) is 0.425. The van der Waals surface area contributed by atoms with Crippen LogP contribution in [0.25, 0.3) is 0 Å². The number of methoxy groups -OCH3 is 3. The molecule has 1 heterocycles. The molecule has 0 fully saturated rings. The topological polar surface area (TPSA) is 182 Å². The van der Waals surface area contributed by atoms with Crippen molar-refractivity contribution in [1.82, 2.24) is 26.6 Å². The Labute approximate surface area is 316 Å². The maximum Gasteiger partial charge on any atom is 0.257 e. The molecule has 0 saturated carbocycles. The van der Waals surface area contributed by atoms with E-state index in [1.807, 2.05) is 50.2 Å². The third-order valence-corrected chi connectivity index (χ3v) is 8.96. The van der Waals surface area contributed by atoms with Crippen molar-refractivity contribution in [2.75, 3.05) is 41.0 Å². The normalized spacial score (nSPS) is 19.3. The number of aryl methyl sites for hydroxylation is 1. The molecule has 0 radical (unpaired) electrons. The predicted octanol–water partition coefficient (Wildman–Crippen LogP) is 2.72. The van der Waals surface area contributed by atoms with Crippen molar-refractivity contribution in [2.45, 2.75) is 64.1 Å². The van der Waals surface area contributed by atoms with Gasteiger partial charge in [-0.25, -0.2) is 0 Å². The molecule has 14 heteroatoms. The summed E-state index contributed by atoms with van der Waals surface area (Å²) in [6, 6.07) is 16.2. The maximum absolute atomic E-state index is 14.1. The van der Waals surface area contributed by atoms with Crippen LogP contribution in [-0.2, 0) is 32.0 Å². The van der Waals surface area contributed by atoms with Gasteiger partial charge in [0, 0.05) is 19.5 Å². The second-order valence-electron chi connectivity index (χ2n) is 13.2. The van der Waals surface area contributed by atoms with Crippen LogP contribution in [0.4, 0.5) is 0 Å². The van der Waals surface area contributed by atoms with Crippen molar-refractivity contribution >= 4 is 29.5 Å². The standard InChI is InChI=1S/C40H51N5O9/c1-25(2)36-40(50)42-20-9-13-27-15-17-33(53-5)34(22-27)54-24-35(46)41-19-10-14-30(43-37(47)29-23-28(51-3)16-18-32(29)52-4)38(48)44-31(39(49)45-36)21-26-11-7-6-8-12-26/h6-8,11-12,15-18,22-23,25,30-31,36H,9-10,13-14,19-21,24H2,1-5H3,(H,41,46)(H,42,50)(H,43,47)(H,44,48)(H,45,49)/t30-,31-,36+/m0/s1. The lowest BCUT2D eigenvalue weighted by molar-refractivity contribution is -0.133. The summed E-state index contributed by atoms with van der Waals surface area (Å²) < 4.78 is 21.9. The minimum Gasteiger partial charge on any atom is -0.497 e. The first-order valence-electron chi connectivity index (χ1n) is 18.0. The Bertz CT molecular complexity index is 1750. The van der Waals surface area contributed by atoms with Crippen LogP contribution in [0.3, 0.4) is 0 Å². The van der Waals surface area contributed by atoms with Crippen LogP contribution < -0.4 is 45.5 Å². The van der Waals surface area contributed by atoms with E-state index in [9.17, 15) is 24.0 Å². The Morgan fingerprint density at radius 3 is 2.24 bits per heavy atom. The summed E-state index contributed by atoms with van der Waals surface area (Å²) in [7, 11) is 4.40. The van der Waals surface area contributed by atoms with Gasteiger partial charge in [0.1, 0.15) is 29.6 Å². The second kappa shape index (κ2) is 20.5. The fourth-order valence-electron chi connectivity index (χ4n) is 5.95. The molecule has 5 amide bonds. The molecule has 4 rings (SSSR count). The number of nitrogens with one attached hydrogen (secondary N) is 5. The molecule has 54 heavy (non-hydrogen) atoms. The number of fused-ring (bicyclic) bond motifs is 2. The highest BCUT2D eigenvalue weighted by molar-refractivity contribution is 6.01. The number of rotatable bonds is 8. The number of hydrogen-bond donors (Lipinski definition) is 5. The van der Waals surface area contributed by atoms with E-state index < -0.39 is 41.8 Å². The SMILES string of the molecule is COc1ccc(OC)c(C(=O)N[C@H]2CCCNC(=O)COc3cc(ccc3OC)CCCNC(=O)[C@@H](C(C)C)NC(=O)[C@H](Cc3ccccc3)NC2=O)c1. The zero-order valence-corrected chi connectivity index (χ0v) is 31.5. The smallest absolute Gasteiger partial charge is 0.257 e. The number of hydrogen-bond acceptors (Lipinski definition) is 9. The zero-order chi connectivity index (χ0) is 39.0. The number of amides is 5. The summed E-state index contributed by atoms with van der Waals surface area (Å²) in [6.07, 6.45) is 1.70. The van der Waals surface area contributed by atoms with E-state index in [-0.39, 0.29) is 55.6 Å². The van der Waals surface area contributed by atoms with Crippen molar-refractivity contribution in [2.24, 2.45) is 5.92 Å². The Balaban J connectivity index is 1.64. The van der Waals surface area contributed by atoms with E-state index in [2.05, 4.69) is 26.6 Å². The minimum absolute atomic E-state index is 0.0948. The lowest BCUT2D eigenvalue weighted by atomic mass is 10.00. The average molecular weight is 746 g/mol. The zero-order valence-electron chi connectivity index (χ0n) is 31.5. The van der Waals surface area contributed by atoms with E-state index in [0.29, 0.717) is 36.6 Å². The van der Waals surface area contributed by atoms with Crippen LogP contribution >= 0.6 is 0 Å². The van der Waals surface area contributed by atoms with Gasteiger partial charge in [0.25, 0.3) is 11.8 Å². The average Bonchev–Trinajstić information content (AvgIpc) is 3.17. The van der Waals surface area contributed by atoms with Crippen molar-refractivity contribution in [3.8, 4) is 23.0 Å². The summed E-state index contributed by atoms with van der Waals surface area (Å²) in [5.74, 6) is -1.27. The first-order chi connectivity index (χ1) is 26.0. The van der Waals surface area contributed by atoms with Crippen LogP contribution in [0.2, 0.25) is 0 Å². The fourth-order valence-corrected chi connectivity index (χ4v) is 5.95. The van der Waals surface area contributed by atoms with Gasteiger partial charge < -0.3 is 45.5 Å². The summed E-state index contributed by atoms with van der Waals surface area (Å²) in [5, 5.41) is 14.2. The van der Waals surface area contributed by atoms with Crippen LogP contribution in [0.1, 0.15) is 54.6 Å². The molecule has 2 bridgehead atoms. The van der Waals surface area contributed by atoms with Gasteiger partial charge in [-0.05, 0) is 73.1 Å². The van der Waals surface area contributed by atoms with Gasteiger partial charge in [0.15, 0.2) is 18.1 Å². The van der Waals surface area contributed by atoms with Crippen LogP contribution in [0.15, 0.2) is 66.7 Å². The number of benzene rings is 3. The quantitative estimate of drug-likeness (QED) is 0.232. The van der Waals surface area contributed by atoms with E-state index in [1.165, 1.54) is 27.4 Å². The molecule has 3 atom stereocenters. The molecule has 290 valence electrons. The second-order valence-corrected chi connectivity index (χ2v) is 13.2. The molecule has 0 unspecified atom stereocenters. The van der Waals surface area contributed by atoms with Crippen molar-refractivity contribution in [3.05, 3.63) is 83.4 Å². The Hall–Kier alpha value is -5.79. The van der Waals surface area contributed by atoms with Gasteiger partial charge in [0.05, 0.1) is 26.9 Å². The lowest BCUT2D eigenvalue weighted by Gasteiger charge is -2.27. The summed E-state index contributed by atoms with van der Waals surface area (Å²) >= 11 is 0. The Morgan fingerprint density at radius 2 is 1.54 bits per heavy atom. The Kier molecular flexibility index (Phi) is 15.5. The first-order valence-corrected chi connectivity index (χ1v) is 18.0. The van der Waals surface area contributed by atoms with Crippen LogP contribution in [-0.4, -0.2) is 88.7 Å². The minimum atomic E-state index is -1.14. The Morgan fingerprint density at radius 1 is 0.815 bits per heavy atom. The van der Waals surface area contributed by atoms with Crippen LogP contribution in [0, 0.1) is 5.92 Å². The molecule has 3 aromatic rings. The number of carbonyl (C=O) groups is 5. The largest absolute Gasteiger partial charge is 0.497 e. The van der Waals surface area contributed by atoms with Crippen LogP contribution in [0.5, 0.6) is 23.0 Å². The summed E-state index contributed by atoms with van der Waals surface area (Å²) in [5.41, 5.74) is 1.84. The molecule has 14 nitrogen and oxygen atoms in total. The third kappa shape index (κ3) is 11.9. The van der Waals surface area contributed by atoms with Gasteiger partial charge in [-0.1, -0.05) is 50.2 Å². The molecule has 0 aromatic heterocycles. The molecule has 1 aliphatic heterocycles. The first kappa shape index (κ1) is 41.0. The van der Waals surface area contributed by atoms with E-state index in [4.69, 9.17) is 18.9 Å². The number of ether oxygens (including phenoxy) is 4. The highest BCUT2D eigenvalue weighted by Gasteiger charge is 2.31. The van der Waals surface area contributed by atoms with Gasteiger partial charge >= 0.3 is 0 Å². The van der Waals surface area contributed by atoms with E-state index in [0.717, 1.165) is 11.1 Å². The van der Waals surface area contributed by atoms with Gasteiger partial charge in [-0.3, -0.25) is 24.0 Å². The molecule has 3 aromatic carbocycles. The summed E-state index contributed by atoms with van der Waals surface area (Å²) in [4.78, 5) is 67.9. The van der Waals surface area contributed by atoms with Gasteiger partial charge in [-0.2, -0.15) is 0 Å². The van der Waals surface area contributed by atoms with Gasteiger partial charge in [0.2, 0.25) is 17.7 Å². The van der Waals surface area contributed by atoms with Crippen molar-refractivity contribution < 1.29 is 42.9 Å². The van der Waals surface area contributed by atoms with E-state index >= 15 is 0 Å². The third-order valence-electron chi connectivity index (χ3n) is 8.96. The monoisotopic (exact) mass is 745 g/mol. The number of carbonyl (C=O) groups excluding carboxylic acids is 5. The molecular weight excluding hydrogens is 694 g/mol. The molecule has 1 aliphatic rings. The predicted molar refractivity (Wildman–Crippen MR) is 202 cm³/mol. The molecule has 0 spiro atoms. The van der Waals surface area contributed by atoms with Crippen molar-refractivity contribution in [3.63, 3.8) is 0 Å². The molecule has 0 aliphatic carbocycles. The van der Waals surface area contributed by atoms with Gasteiger partial charge in [-0.15, -0.1) is 0 Å². The highest BCUT2D eigenvalue weighted by Crippen LogP contribution is 2.29.